The summed E-state index contributed by atoms with van der Waals surface area (Å²) in [6.45, 7) is 0. The molecule has 0 saturated heterocycles. The van der Waals surface area contributed by atoms with Gasteiger partial charge < -0.3 is 5.32 Å². The van der Waals surface area contributed by atoms with E-state index >= 15 is 0 Å². The lowest BCUT2D eigenvalue weighted by atomic mass is 10.2. The number of rotatable bonds is 5. The number of halogens is 1. The third-order valence-electron chi connectivity index (χ3n) is 2.51. The van der Waals surface area contributed by atoms with E-state index in [4.69, 9.17) is 11.6 Å². The van der Waals surface area contributed by atoms with E-state index in [2.05, 4.69) is 15.3 Å². The summed E-state index contributed by atoms with van der Waals surface area (Å²) in [6, 6.07) is 9.68. The first-order valence-electron chi connectivity index (χ1n) is 6.03. The highest BCUT2D eigenvalue weighted by Crippen LogP contribution is 2.14. The molecule has 0 aliphatic carbocycles. The topological polar surface area (TPSA) is 54.9 Å². The minimum atomic E-state index is -0.0725. The Morgan fingerprint density at radius 1 is 1.16 bits per heavy atom. The molecular weight excluding hydrogens is 262 g/mol. The van der Waals surface area contributed by atoms with Crippen molar-refractivity contribution in [2.24, 2.45) is 0 Å². The lowest BCUT2D eigenvalue weighted by molar-refractivity contribution is -0.116. The van der Waals surface area contributed by atoms with Gasteiger partial charge in [0.15, 0.2) is 5.82 Å². The second kappa shape index (κ2) is 6.85. The summed E-state index contributed by atoms with van der Waals surface area (Å²) in [5, 5.41) is 2.73. The Morgan fingerprint density at radius 2 is 1.84 bits per heavy atom. The molecule has 0 aliphatic rings. The second-order valence-corrected chi connectivity index (χ2v) is 4.38. The number of hydrogen-bond donors (Lipinski definition) is 1. The molecule has 1 amide bonds. The van der Waals surface area contributed by atoms with Crippen LogP contribution in [-0.2, 0) is 4.79 Å². The highest BCUT2D eigenvalue weighted by molar-refractivity contribution is 6.18. The van der Waals surface area contributed by atoms with E-state index in [1.165, 1.54) is 0 Å². The van der Waals surface area contributed by atoms with Gasteiger partial charge in [-0.05, 0) is 6.42 Å². The normalized spacial score (nSPS) is 10.2. The Hall–Kier alpha value is -1.94. The third-order valence-corrected chi connectivity index (χ3v) is 2.77. The molecule has 0 saturated carbocycles. The van der Waals surface area contributed by atoms with E-state index in [-0.39, 0.29) is 5.91 Å². The molecule has 4 nitrogen and oxygen atoms in total. The molecule has 1 heterocycles. The van der Waals surface area contributed by atoms with Crippen LogP contribution in [0.4, 0.5) is 5.69 Å². The lowest BCUT2D eigenvalue weighted by Gasteiger charge is -2.04. The zero-order valence-electron chi connectivity index (χ0n) is 10.3. The Bertz CT molecular complexity index is 528. The van der Waals surface area contributed by atoms with E-state index < -0.39 is 0 Å². The molecule has 0 radical (unpaired) electrons. The lowest BCUT2D eigenvalue weighted by Crippen LogP contribution is -2.11. The van der Waals surface area contributed by atoms with Gasteiger partial charge in [0.2, 0.25) is 5.91 Å². The Labute approximate surface area is 116 Å². The fourth-order valence-electron chi connectivity index (χ4n) is 1.58. The molecule has 5 heteroatoms. The van der Waals surface area contributed by atoms with Gasteiger partial charge in [0.1, 0.15) is 0 Å². The molecule has 0 unspecified atom stereocenters. The largest absolute Gasteiger partial charge is 0.323 e. The molecule has 2 rings (SSSR count). The van der Waals surface area contributed by atoms with Crippen molar-refractivity contribution in [1.82, 2.24) is 9.97 Å². The van der Waals surface area contributed by atoms with Gasteiger partial charge in [-0.2, -0.15) is 0 Å². The van der Waals surface area contributed by atoms with Crippen LogP contribution in [0.3, 0.4) is 0 Å². The van der Waals surface area contributed by atoms with Gasteiger partial charge in [-0.25, -0.2) is 9.97 Å². The maximum Gasteiger partial charge on any atom is 0.224 e. The molecule has 2 aromatic rings. The van der Waals surface area contributed by atoms with E-state index in [9.17, 15) is 4.79 Å². The van der Waals surface area contributed by atoms with Gasteiger partial charge in [-0.15, -0.1) is 11.6 Å². The summed E-state index contributed by atoms with van der Waals surface area (Å²) in [5.74, 6) is 1.05. The molecule has 1 N–H and O–H groups in total. The van der Waals surface area contributed by atoms with E-state index in [0.717, 1.165) is 5.56 Å². The summed E-state index contributed by atoms with van der Waals surface area (Å²) in [6.07, 6.45) is 4.28. The van der Waals surface area contributed by atoms with Crippen molar-refractivity contribution >= 4 is 23.2 Å². The van der Waals surface area contributed by atoms with Crippen LogP contribution >= 0.6 is 11.6 Å². The Morgan fingerprint density at radius 3 is 2.47 bits per heavy atom. The predicted octanol–water partition coefficient (Wildman–Crippen LogP) is 3.10. The molecule has 0 aliphatic heterocycles. The number of nitrogens with zero attached hydrogens (tertiary/aromatic N) is 2. The molecule has 0 spiro atoms. The zero-order chi connectivity index (χ0) is 13.5. The van der Waals surface area contributed by atoms with Crippen molar-refractivity contribution in [3.05, 3.63) is 42.7 Å². The van der Waals surface area contributed by atoms with Crippen LogP contribution in [0.5, 0.6) is 0 Å². The van der Waals surface area contributed by atoms with Crippen molar-refractivity contribution < 1.29 is 4.79 Å². The van der Waals surface area contributed by atoms with Gasteiger partial charge in [-0.3, -0.25) is 4.79 Å². The van der Waals surface area contributed by atoms with E-state index in [1.54, 1.807) is 12.4 Å². The quantitative estimate of drug-likeness (QED) is 0.853. The van der Waals surface area contributed by atoms with Gasteiger partial charge in [-0.1, -0.05) is 30.3 Å². The fourth-order valence-corrected chi connectivity index (χ4v) is 1.71. The smallest absolute Gasteiger partial charge is 0.224 e. The summed E-state index contributed by atoms with van der Waals surface area (Å²) in [4.78, 5) is 20.0. The number of anilines is 1. The Balaban J connectivity index is 2.01. The fraction of sp³-hybridized carbons (Fsp3) is 0.214. The average molecular weight is 276 g/mol. The van der Waals surface area contributed by atoms with E-state index in [1.807, 2.05) is 30.3 Å². The molecule has 19 heavy (non-hydrogen) atoms. The number of amides is 1. The number of carbonyl (C=O) groups is 1. The maximum absolute atomic E-state index is 11.5. The van der Waals surface area contributed by atoms with Crippen LogP contribution in [0.15, 0.2) is 42.7 Å². The molecular formula is C14H14ClN3O. The van der Waals surface area contributed by atoms with Gasteiger partial charge in [0.25, 0.3) is 0 Å². The zero-order valence-corrected chi connectivity index (χ0v) is 11.1. The standard InChI is InChI=1S/C14H14ClN3O/c15-8-4-7-13(19)18-12-9-16-14(17-10-12)11-5-2-1-3-6-11/h1-3,5-6,9-10H,4,7-8H2,(H,18,19). The Kier molecular flexibility index (Phi) is 4.86. The number of nitrogens with one attached hydrogen (secondary N) is 1. The van der Waals surface area contributed by atoms with Gasteiger partial charge in [0.05, 0.1) is 18.1 Å². The number of hydrogen-bond acceptors (Lipinski definition) is 3. The monoisotopic (exact) mass is 275 g/mol. The number of benzene rings is 1. The number of alkyl halides is 1. The first-order chi connectivity index (χ1) is 9.29. The highest BCUT2D eigenvalue weighted by atomic mass is 35.5. The summed E-state index contributed by atoms with van der Waals surface area (Å²) in [7, 11) is 0. The van der Waals surface area contributed by atoms with Gasteiger partial charge >= 0.3 is 0 Å². The minimum absolute atomic E-state index is 0.0725. The van der Waals surface area contributed by atoms with Crippen LogP contribution in [-0.4, -0.2) is 21.8 Å². The van der Waals surface area contributed by atoms with Crippen molar-refractivity contribution in [2.75, 3.05) is 11.2 Å². The first-order valence-corrected chi connectivity index (χ1v) is 6.56. The molecule has 98 valence electrons. The molecule has 1 aromatic carbocycles. The predicted molar refractivity (Wildman–Crippen MR) is 76.1 cm³/mol. The van der Waals surface area contributed by atoms with Crippen LogP contribution in [0, 0.1) is 0 Å². The van der Waals surface area contributed by atoms with Crippen molar-refractivity contribution in [2.45, 2.75) is 12.8 Å². The molecule has 0 bridgehead atoms. The average Bonchev–Trinajstić information content (AvgIpc) is 2.47. The van der Waals surface area contributed by atoms with Crippen molar-refractivity contribution in [3.63, 3.8) is 0 Å². The van der Waals surface area contributed by atoms with Gasteiger partial charge in [0, 0.05) is 17.9 Å². The highest BCUT2D eigenvalue weighted by Gasteiger charge is 2.04. The summed E-state index contributed by atoms with van der Waals surface area (Å²) < 4.78 is 0. The second-order valence-electron chi connectivity index (χ2n) is 4.00. The third kappa shape index (κ3) is 4.03. The van der Waals surface area contributed by atoms with Crippen LogP contribution in [0.1, 0.15) is 12.8 Å². The first kappa shape index (κ1) is 13.5. The summed E-state index contributed by atoms with van der Waals surface area (Å²) in [5.41, 5.74) is 1.54. The molecule has 0 atom stereocenters. The minimum Gasteiger partial charge on any atom is -0.323 e. The van der Waals surface area contributed by atoms with Crippen LogP contribution in [0.2, 0.25) is 0 Å². The van der Waals surface area contributed by atoms with Crippen LogP contribution < -0.4 is 5.32 Å². The molecule has 1 aromatic heterocycles. The van der Waals surface area contributed by atoms with Crippen LogP contribution in [0.25, 0.3) is 11.4 Å². The van der Waals surface area contributed by atoms with Crippen molar-refractivity contribution in [1.29, 1.82) is 0 Å². The van der Waals surface area contributed by atoms with E-state index in [0.29, 0.717) is 30.2 Å². The number of aromatic nitrogens is 2. The molecule has 0 fully saturated rings. The maximum atomic E-state index is 11.5. The van der Waals surface area contributed by atoms with Crippen molar-refractivity contribution in [3.8, 4) is 11.4 Å². The summed E-state index contributed by atoms with van der Waals surface area (Å²) >= 11 is 5.53. The SMILES string of the molecule is O=C(CCCCl)Nc1cnc(-c2ccccc2)nc1. The number of carbonyl (C=O) groups excluding carboxylic acids is 1.